The largest absolute Gasteiger partial charge is 0.465 e. The molecular weight excluding hydrogens is 306 g/mol. The molecule has 2 aliphatic heterocycles. The summed E-state index contributed by atoms with van der Waals surface area (Å²) < 4.78 is 10.5. The summed E-state index contributed by atoms with van der Waals surface area (Å²) in [6.07, 6.45) is 3.71. The van der Waals surface area contributed by atoms with Crippen LogP contribution < -0.4 is 0 Å². The van der Waals surface area contributed by atoms with Gasteiger partial charge in [-0.15, -0.1) is 0 Å². The highest BCUT2D eigenvalue weighted by Gasteiger charge is 2.38. The second-order valence-corrected chi connectivity index (χ2v) is 5.97. The average molecular weight is 327 g/mol. The van der Waals surface area contributed by atoms with Crippen LogP contribution in [0.3, 0.4) is 0 Å². The Balaban J connectivity index is 1.96. The maximum Gasteiger partial charge on any atom is 0.340 e. The zero-order valence-corrected chi connectivity index (χ0v) is 14.0. The lowest BCUT2D eigenvalue weighted by Crippen LogP contribution is -2.33. The molecule has 2 heterocycles. The van der Waals surface area contributed by atoms with Crippen LogP contribution in [0, 0.1) is 0 Å². The first-order valence-electron chi connectivity index (χ1n) is 8.11. The Kier molecular flexibility index (Phi) is 4.81. The van der Waals surface area contributed by atoms with Gasteiger partial charge in [-0.1, -0.05) is 30.3 Å². The van der Waals surface area contributed by atoms with Crippen molar-refractivity contribution >= 4 is 18.0 Å². The van der Waals surface area contributed by atoms with Crippen molar-refractivity contribution in [3.05, 3.63) is 52.7 Å². The summed E-state index contributed by atoms with van der Waals surface area (Å²) in [5.41, 5.74) is 2.21. The Labute approximate surface area is 141 Å². The van der Waals surface area contributed by atoms with Gasteiger partial charge in [0, 0.05) is 12.3 Å². The van der Waals surface area contributed by atoms with Gasteiger partial charge in [0.05, 0.1) is 30.9 Å². The summed E-state index contributed by atoms with van der Waals surface area (Å²) in [5.74, 6) is -0.662. The molecule has 0 N–H and O–H groups in total. The van der Waals surface area contributed by atoms with Crippen molar-refractivity contribution in [3.8, 4) is 0 Å². The number of esters is 1. The molecule has 0 spiro atoms. The molecule has 3 rings (SSSR count). The molecule has 0 bridgehead atoms. The summed E-state index contributed by atoms with van der Waals surface area (Å²) in [4.78, 5) is 26.7. The third-order valence-corrected chi connectivity index (χ3v) is 4.42. The van der Waals surface area contributed by atoms with Crippen LogP contribution in [0.4, 0.5) is 0 Å². The molecule has 1 fully saturated rings. The Morgan fingerprint density at radius 1 is 1.38 bits per heavy atom. The van der Waals surface area contributed by atoms with E-state index in [9.17, 15) is 9.59 Å². The van der Waals surface area contributed by atoms with Crippen LogP contribution in [-0.2, 0) is 19.1 Å². The van der Waals surface area contributed by atoms with Crippen LogP contribution in [0.1, 0.15) is 25.3 Å². The van der Waals surface area contributed by atoms with Gasteiger partial charge in [0.15, 0.2) is 0 Å². The van der Waals surface area contributed by atoms with Crippen molar-refractivity contribution in [2.45, 2.75) is 25.9 Å². The predicted octanol–water partition coefficient (Wildman–Crippen LogP) is 2.54. The Hall–Kier alpha value is -2.40. The maximum absolute atomic E-state index is 12.9. The number of carbonyl (C=O) groups excluding carboxylic acids is 2. The van der Waals surface area contributed by atoms with Gasteiger partial charge in [0.1, 0.15) is 0 Å². The third kappa shape index (κ3) is 3.12. The van der Waals surface area contributed by atoms with Crippen molar-refractivity contribution in [1.82, 2.24) is 4.90 Å². The van der Waals surface area contributed by atoms with E-state index in [1.165, 1.54) is 7.11 Å². The Morgan fingerprint density at radius 2 is 2.12 bits per heavy atom. The lowest BCUT2D eigenvalue weighted by molar-refractivity contribution is -0.136. The molecule has 0 aromatic heterocycles. The van der Waals surface area contributed by atoms with Crippen molar-refractivity contribution in [2.75, 3.05) is 20.3 Å². The quantitative estimate of drug-likeness (QED) is 0.630. The highest BCUT2D eigenvalue weighted by Crippen LogP contribution is 2.32. The number of benzene rings is 1. The molecule has 5 heteroatoms. The summed E-state index contributed by atoms with van der Waals surface area (Å²) in [6, 6.07) is 9.49. The van der Waals surface area contributed by atoms with E-state index in [1.807, 2.05) is 30.3 Å². The predicted molar refractivity (Wildman–Crippen MR) is 89.8 cm³/mol. The van der Waals surface area contributed by atoms with Crippen molar-refractivity contribution in [2.24, 2.45) is 0 Å². The van der Waals surface area contributed by atoms with Crippen LogP contribution in [0.2, 0.25) is 0 Å². The monoisotopic (exact) mass is 327 g/mol. The minimum absolute atomic E-state index is 0.0267. The summed E-state index contributed by atoms with van der Waals surface area (Å²) in [6.45, 7) is 2.98. The maximum atomic E-state index is 12.9. The fourth-order valence-electron chi connectivity index (χ4n) is 3.16. The summed E-state index contributed by atoms with van der Waals surface area (Å²) in [5, 5.41) is 0. The smallest absolute Gasteiger partial charge is 0.340 e. The second-order valence-electron chi connectivity index (χ2n) is 5.97. The lowest BCUT2D eigenvalue weighted by atomic mass is 10.0. The molecule has 0 saturated carbocycles. The first-order valence-corrected chi connectivity index (χ1v) is 8.11. The molecule has 1 aromatic carbocycles. The highest BCUT2D eigenvalue weighted by atomic mass is 16.5. The summed E-state index contributed by atoms with van der Waals surface area (Å²) >= 11 is 0. The number of rotatable bonds is 4. The molecule has 0 radical (unpaired) electrons. The van der Waals surface area contributed by atoms with Crippen LogP contribution in [0.5, 0.6) is 0 Å². The normalized spacial score (nSPS) is 22.6. The van der Waals surface area contributed by atoms with Crippen LogP contribution >= 0.6 is 0 Å². The van der Waals surface area contributed by atoms with Gasteiger partial charge in [-0.3, -0.25) is 4.79 Å². The molecule has 1 unspecified atom stereocenters. The number of allylic oxidation sites excluding steroid dienone is 1. The second kappa shape index (κ2) is 7.01. The molecule has 5 nitrogen and oxygen atoms in total. The molecular formula is C19H21NO4. The van der Waals surface area contributed by atoms with Crippen molar-refractivity contribution in [3.63, 3.8) is 0 Å². The molecule has 1 atom stereocenters. The van der Waals surface area contributed by atoms with Crippen molar-refractivity contribution in [1.29, 1.82) is 0 Å². The SMILES string of the molecule is COC(=O)C1=C(C)N(CC2CCCO2)C(=O)/C1=C\c1ccccc1. The van der Waals surface area contributed by atoms with Crippen LogP contribution in [0.15, 0.2) is 47.2 Å². The molecule has 0 aliphatic carbocycles. The number of nitrogens with zero attached hydrogens (tertiary/aromatic N) is 1. The van der Waals surface area contributed by atoms with E-state index < -0.39 is 5.97 Å². The zero-order chi connectivity index (χ0) is 17.1. The number of methoxy groups -OCH3 is 1. The van der Waals surface area contributed by atoms with E-state index in [0.29, 0.717) is 23.4 Å². The topological polar surface area (TPSA) is 55.8 Å². The number of hydrogen-bond donors (Lipinski definition) is 0. The highest BCUT2D eigenvalue weighted by molar-refractivity contribution is 6.16. The number of amides is 1. The lowest BCUT2D eigenvalue weighted by Gasteiger charge is -2.21. The minimum Gasteiger partial charge on any atom is -0.465 e. The molecule has 1 aromatic rings. The molecule has 126 valence electrons. The Bertz CT molecular complexity index is 699. The fourth-order valence-corrected chi connectivity index (χ4v) is 3.16. The van der Waals surface area contributed by atoms with Crippen molar-refractivity contribution < 1.29 is 19.1 Å². The van der Waals surface area contributed by atoms with Crippen LogP contribution in [0.25, 0.3) is 6.08 Å². The van der Waals surface area contributed by atoms with E-state index in [2.05, 4.69) is 0 Å². The van der Waals surface area contributed by atoms with Gasteiger partial charge in [0.25, 0.3) is 5.91 Å². The molecule has 24 heavy (non-hydrogen) atoms. The minimum atomic E-state index is -0.488. The van der Waals surface area contributed by atoms with Crippen LogP contribution in [-0.4, -0.2) is 43.1 Å². The van der Waals surface area contributed by atoms with E-state index >= 15 is 0 Å². The van der Waals surface area contributed by atoms with Gasteiger partial charge < -0.3 is 14.4 Å². The average Bonchev–Trinajstić information content (AvgIpc) is 3.19. The zero-order valence-electron chi connectivity index (χ0n) is 14.0. The molecule has 1 saturated heterocycles. The fraction of sp³-hybridized carbons (Fsp3) is 0.368. The molecule has 2 aliphatic rings. The van der Waals surface area contributed by atoms with Gasteiger partial charge in [-0.2, -0.15) is 0 Å². The van der Waals surface area contributed by atoms with Gasteiger partial charge in [-0.05, 0) is 31.4 Å². The molecule has 1 amide bonds. The Morgan fingerprint density at radius 3 is 2.75 bits per heavy atom. The first-order chi connectivity index (χ1) is 11.6. The van der Waals surface area contributed by atoms with E-state index in [-0.39, 0.29) is 12.0 Å². The first kappa shape index (κ1) is 16.5. The van der Waals surface area contributed by atoms with Gasteiger partial charge >= 0.3 is 5.97 Å². The number of carbonyl (C=O) groups is 2. The third-order valence-electron chi connectivity index (χ3n) is 4.42. The van der Waals surface area contributed by atoms with Gasteiger partial charge in [0.2, 0.25) is 0 Å². The van der Waals surface area contributed by atoms with E-state index in [0.717, 1.165) is 25.0 Å². The van der Waals surface area contributed by atoms with E-state index in [1.54, 1.807) is 17.9 Å². The van der Waals surface area contributed by atoms with Gasteiger partial charge in [-0.25, -0.2) is 4.79 Å². The van der Waals surface area contributed by atoms with E-state index in [4.69, 9.17) is 9.47 Å². The standard InChI is InChI=1S/C19H21NO4/c1-13-17(19(22)23-2)16(11-14-7-4-3-5-8-14)18(21)20(13)12-15-9-6-10-24-15/h3-5,7-8,11,15H,6,9-10,12H2,1-2H3/b16-11-. The number of ether oxygens (including phenoxy) is 2. The summed E-state index contributed by atoms with van der Waals surface area (Å²) in [7, 11) is 1.33. The number of hydrogen-bond acceptors (Lipinski definition) is 4.